The number of carboxylic acids is 1. The molecule has 12 heavy (non-hydrogen) atoms. The van der Waals surface area contributed by atoms with Crippen molar-refractivity contribution in [3.05, 3.63) is 0 Å². The van der Waals surface area contributed by atoms with Gasteiger partial charge < -0.3 is 10.4 Å². The molecule has 63 valence electrons. The zero-order chi connectivity index (χ0) is 8.22. The third kappa shape index (κ3) is 1.12. The Hall–Kier alpha value is 0.0274. The van der Waals surface area contributed by atoms with Crippen molar-refractivity contribution in [3.63, 3.8) is 0 Å². The Labute approximate surface area is 84.1 Å². The summed E-state index contributed by atoms with van der Waals surface area (Å²) in [6.07, 6.45) is 0. The molecular formula is C8H13LiNO2. The normalized spacial score (nSPS) is 41.3. The van der Waals surface area contributed by atoms with E-state index >= 15 is 0 Å². The average Bonchev–Trinajstić information content (AvgIpc) is 2.34. The second-order valence-electron chi connectivity index (χ2n) is 4.18. The van der Waals surface area contributed by atoms with E-state index in [1.807, 2.05) is 0 Å². The van der Waals surface area contributed by atoms with Crippen LogP contribution in [0.15, 0.2) is 0 Å². The molecular weight excluding hydrogens is 149 g/mol. The minimum absolute atomic E-state index is 0. The van der Waals surface area contributed by atoms with Crippen molar-refractivity contribution in [2.45, 2.75) is 19.9 Å². The Morgan fingerprint density at radius 3 is 2.42 bits per heavy atom. The summed E-state index contributed by atoms with van der Waals surface area (Å²) in [7, 11) is 0. The van der Waals surface area contributed by atoms with Gasteiger partial charge in [0.1, 0.15) is 6.04 Å². The number of hydrogen-bond donors (Lipinski definition) is 2. The maximum absolute atomic E-state index is 10.7. The Bertz CT molecular complexity index is 217. The molecule has 1 radical (unpaired) electrons. The Morgan fingerprint density at radius 1 is 1.58 bits per heavy atom. The molecule has 3 nitrogen and oxygen atoms in total. The SMILES string of the molecule is CC1(C)[C@@H]2[C@@H](C(=O)O)NC[C@@H]21.[Li]. The molecule has 1 saturated heterocycles. The molecule has 0 aromatic carbocycles. The number of nitrogens with one attached hydrogen (secondary N) is 1. The average molecular weight is 162 g/mol. The van der Waals surface area contributed by atoms with Gasteiger partial charge in [-0.25, -0.2) is 0 Å². The van der Waals surface area contributed by atoms with E-state index in [9.17, 15) is 4.79 Å². The van der Waals surface area contributed by atoms with Gasteiger partial charge in [-0.05, 0) is 23.8 Å². The molecule has 4 heteroatoms. The largest absolute Gasteiger partial charge is 0.480 e. The molecule has 0 unspecified atom stereocenters. The van der Waals surface area contributed by atoms with Gasteiger partial charge in [-0.3, -0.25) is 4.79 Å². The molecule has 2 fully saturated rings. The van der Waals surface area contributed by atoms with Gasteiger partial charge in [-0.15, -0.1) is 0 Å². The summed E-state index contributed by atoms with van der Waals surface area (Å²) >= 11 is 0. The summed E-state index contributed by atoms with van der Waals surface area (Å²) in [5.74, 6) is 0.284. The number of piperidine rings is 1. The van der Waals surface area contributed by atoms with Crippen molar-refractivity contribution in [2.75, 3.05) is 6.54 Å². The van der Waals surface area contributed by atoms with Crippen LogP contribution in [0.1, 0.15) is 13.8 Å². The third-order valence-corrected chi connectivity index (χ3v) is 3.32. The zero-order valence-corrected chi connectivity index (χ0v) is 7.79. The molecule has 3 atom stereocenters. The fraction of sp³-hybridized carbons (Fsp3) is 0.875. The first kappa shape index (κ1) is 10.1. The van der Waals surface area contributed by atoms with Gasteiger partial charge in [-0.1, -0.05) is 13.8 Å². The van der Waals surface area contributed by atoms with Gasteiger partial charge in [0.2, 0.25) is 0 Å². The molecule has 2 N–H and O–H groups in total. The summed E-state index contributed by atoms with van der Waals surface area (Å²) in [6.45, 7) is 5.19. The summed E-state index contributed by atoms with van der Waals surface area (Å²) in [6, 6.07) is -0.282. The van der Waals surface area contributed by atoms with Crippen LogP contribution in [0.3, 0.4) is 0 Å². The van der Waals surface area contributed by atoms with E-state index in [1.54, 1.807) is 0 Å². The fourth-order valence-electron chi connectivity index (χ4n) is 2.46. The fourth-order valence-corrected chi connectivity index (χ4v) is 2.46. The van der Waals surface area contributed by atoms with Crippen LogP contribution in [0.25, 0.3) is 0 Å². The van der Waals surface area contributed by atoms with E-state index in [0.717, 1.165) is 6.54 Å². The van der Waals surface area contributed by atoms with Crippen LogP contribution in [0.5, 0.6) is 0 Å². The van der Waals surface area contributed by atoms with Gasteiger partial charge in [0.15, 0.2) is 0 Å². The van der Waals surface area contributed by atoms with Crippen molar-refractivity contribution >= 4 is 24.8 Å². The first-order chi connectivity index (χ1) is 5.05. The van der Waals surface area contributed by atoms with Gasteiger partial charge in [0.25, 0.3) is 0 Å². The Morgan fingerprint density at radius 2 is 2.17 bits per heavy atom. The van der Waals surface area contributed by atoms with E-state index in [0.29, 0.717) is 11.8 Å². The Kier molecular flexibility index (Phi) is 2.33. The number of aliphatic carboxylic acids is 1. The smallest absolute Gasteiger partial charge is 0.321 e. The summed E-state index contributed by atoms with van der Waals surface area (Å²) in [5, 5.41) is 11.8. The maximum Gasteiger partial charge on any atom is 0.321 e. The molecule has 0 bridgehead atoms. The molecule has 0 aromatic heterocycles. The van der Waals surface area contributed by atoms with Gasteiger partial charge >= 0.3 is 5.97 Å². The van der Waals surface area contributed by atoms with E-state index in [1.165, 1.54) is 0 Å². The minimum atomic E-state index is -0.692. The van der Waals surface area contributed by atoms with Crippen molar-refractivity contribution in [2.24, 2.45) is 17.3 Å². The molecule has 1 saturated carbocycles. The molecule has 1 heterocycles. The monoisotopic (exact) mass is 162 g/mol. The van der Waals surface area contributed by atoms with E-state index in [2.05, 4.69) is 19.2 Å². The van der Waals surface area contributed by atoms with E-state index < -0.39 is 5.97 Å². The maximum atomic E-state index is 10.7. The van der Waals surface area contributed by atoms with Crippen LogP contribution in [-0.4, -0.2) is 42.5 Å². The van der Waals surface area contributed by atoms with Crippen LogP contribution in [0.2, 0.25) is 0 Å². The van der Waals surface area contributed by atoms with E-state index in [4.69, 9.17) is 5.11 Å². The standard InChI is InChI=1S/C8H13NO2.Li/c1-8(2)4-3-9-6(5(4)8)7(10)11;/h4-6,9H,3H2,1-2H3,(H,10,11);/t4-,5-,6-;/m0./s1. The first-order valence-corrected chi connectivity index (χ1v) is 4.01. The second-order valence-corrected chi connectivity index (χ2v) is 4.18. The number of fused-ring (bicyclic) bond motifs is 1. The quantitative estimate of drug-likeness (QED) is 0.531. The summed E-state index contributed by atoms with van der Waals surface area (Å²) < 4.78 is 0. The number of carboxylic acid groups (broad SMARTS) is 1. The van der Waals surface area contributed by atoms with Gasteiger partial charge in [-0.2, -0.15) is 0 Å². The molecule has 0 spiro atoms. The molecule has 2 aliphatic rings. The number of rotatable bonds is 1. The summed E-state index contributed by atoms with van der Waals surface area (Å²) in [5.41, 5.74) is 0.272. The van der Waals surface area contributed by atoms with Gasteiger partial charge in [0, 0.05) is 18.9 Å². The first-order valence-electron chi connectivity index (χ1n) is 4.01. The predicted octanol–water partition coefficient (Wildman–Crippen LogP) is -0.0658. The Balaban J connectivity index is 0.000000720. The van der Waals surface area contributed by atoms with E-state index in [-0.39, 0.29) is 30.3 Å². The van der Waals surface area contributed by atoms with Crippen LogP contribution >= 0.6 is 0 Å². The number of hydrogen-bond acceptors (Lipinski definition) is 2. The predicted molar refractivity (Wildman–Crippen MR) is 45.9 cm³/mol. The minimum Gasteiger partial charge on any atom is -0.480 e. The van der Waals surface area contributed by atoms with Crippen molar-refractivity contribution in [1.29, 1.82) is 0 Å². The zero-order valence-electron chi connectivity index (χ0n) is 7.79. The molecule has 0 amide bonds. The molecule has 2 rings (SSSR count). The van der Waals surface area contributed by atoms with Crippen molar-refractivity contribution in [1.82, 2.24) is 5.32 Å². The molecule has 0 aromatic rings. The topological polar surface area (TPSA) is 49.3 Å². The van der Waals surface area contributed by atoms with Crippen LogP contribution in [-0.2, 0) is 4.79 Å². The summed E-state index contributed by atoms with van der Waals surface area (Å²) in [4.78, 5) is 10.7. The van der Waals surface area contributed by atoms with Crippen LogP contribution < -0.4 is 5.32 Å². The van der Waals surface area contributed by atoms with Crippen LogP contribution in [0.4, 0.5) is 0 Å². The van der Waals surface area contributed by atoms with Crippen molar-refractivity contribution < 1.29 is 9.90 Å². The molecule has 1 aliphatic heterocycles. The van der Waals surface area contributed by atoms with Crippen molar-refractivity contribution in [3.8, 4) is 0 Å². The third-order valence-electron chi connectivity index (χ3n) is 3.32. The van der Waals surface area contributed by atoms with Crippen LogP contribution in [0, 0.1) is 17.3 Å². The number of carbonyl (C=O) groups is 1. The van der Waals surface area contributed by atoms with Gasteiger partial charge in [0.05, 0.1) is 0 Å². The molecule has 1 aliphatic carbocycles. The second kappa shape index (κ2) is 2.76.